The SMILES string of the molecule is CNC(=O)OCCNc1nc[nH]c1C(N)=O. The monoisotopic (exact) mass is 227 g/mol. The van der Waals surface area contributed by atoms with Gasteiger partial charge in [0.25, 0.3) is 5.91 Å². The number of rotatable bonds is 5. The second kappa shape index (κ2) is 5.59. The Morgan fingerprint density at radius 1 is 1.62 bits per heavy atom. The number of nitrogens with two attached hydrogens (primary N) is 1. The smallest absolute Gasteiger partial charge is 0.406 e. The van der Waals surface area contributed by atoms with Crippen LogP contribution in [0.3, 0.4) is 0 Å². The number of primary amides is 1. The normalized spacial score (nSPS) is 9.56. The molecule has 0 unspecified atom stereocenters. The van der Waals surface area contributed by atoms with Crippen LogP contribution >= 0.6 is 0 Å². The van der Waals surface area contributed by atoms with Gasteiger partial charge in [-0.25, -0.2) is 9.78 Å². The number of aromatic nitrogens is 2. The van der Waals surface area contributed by atoms with E-state index in [-0.39, 0.29) is 12.3 Å². The van der Waals surface area contributed by atoms with Crippen LogP contribution in [-0.4, -0.2) is 42.2 Å². The van der Waals surface area contributed by atoms with Crippen LogP contribution in [-0.2, 0) is 4.74 Å². The van der Waals surface area contributed by atoms with Gasteiger partial charge in [-0.1, -0.05) is 0 Å². The number of alkyl carbamates (subject to hydrolysis) is 1. The van der Waals surface area contributed by atoms with Crippen molar-refractivity contribution in [3.63, 3.8) is 0 Å². The van der Waals surface area contributed by atoms with Gasteiger partial charge >= 0.3 is 6.09 Å². The molecule has 0 bridgehead atoms. The van der Waals surface area contributed by atoms with E-state index in [0.29, 0.717) is 12.4 Å². The number of anilines is 1. The molecule has 5 N–H and O–H groups in total. The number of carbonyl (C=O) groups excluding carboxylic acids is 2. The fraction of sp³-hybridized carbons (Fsp3) is 0.375. The zero-order valence-electron chi connectivity index (χ0n) is 8.74. The van der Waals surface area contributed by atoms with E-state index in [0.717, 1.165) is 0 Å². The summed E-state index contributed by atoms with van der Waals surface area (Å²) in [6.07, 6.45) is 0.834. The maximum atomic E-state index is 10.9. The van der Waals surface area contributed by atoms with E-state index in [4.69, 9.17) is 10.5 Å². The summed E-state index contributed by atoms with van der Waals surface area (Å²) in [7, 11) is 1.47. The molecule has 0 aromatic carbocycles. The molecule has 0 aliphatic carbocycles. The van der Waals surface area contributed by atoms with Gasteiger partial charge in [-0.05, 0) is 0 Å². The molecule has 1 heterocycles. The molecular formula is C8H13N5O3. The predicted molar refractivity (Wildman–Crippen MR) is 56.0 cm³/mol. The molecule has 8 heteroatoms. The number of H-pyrrole nitrogens is 1. The van der Waals surface area contributed by atoms with Crippen LogP contribution in [0.5, 0.6) is 0 Å². The number of nitrogens with one attached hydrogen (secondary N) is 3. The Balaban J connectivity index is 2.34. The molecular weight excluding hydrogens is 214 g/mol. The number of aromatic amines is 1. The first kappa shape index (κ1) is 11.8. The minimum Gasteiger partial charge on any atom is -0.448 e. The van der Waals surface area contributed by atoms with Gasteiger partial charge in [-0.3, -0.25) is 4.79 Å². The van der Waals surface area contributed by atoms with Crippen molar-refractivity contribution in [2.75, 3.05) is 25.5 Å². The van der Waals surface area contributed by atoms with Crippen molar-refractivity contribution < 1.29 is 14.3 Å². The Kier molecular flexibility index (Phi) is 4.13. The molecule has 0 aliphatic rings. The summed E-state index contributed by atoms with van der Waals surface area (Å²) in [4.78, 5) is 28.0. The summed E-state index contributed by atoms with van der Waals surface area (Å²) in [5.74, 6) is -0.264. The summed E-state index contributed by atoms with van der Waals surface area (Å²) < 4.78 is 4.72. The predicted octanol–water partition coefficient (Wildman–Crippen LogP) is -0.723. The molecule has 0 fully saturated rings. The average Bonchev–Trinajstić information content (AvgIpc) is 2.72. The summed E-state index contributed by atoms with van der Waals surface area (Å²) in [5, 5.41) is 5.11. The lowest BCUT2D eigenvalue weighted by Crippen LogP contribution is -2.23. The van der Waals surface area contributed by atoms with Crippen LogP contribution < -0.4 is 16.4 Å². The van der Waals surface area contributed by atoms with E-state index in [9.17, 15) is 9.59 Å². The van der Waals surface area contributed by atoms with E-state index < -0.39 is 12.0 Å². The molecule has 1 rings (SSSR count). The van der Waals surface area contributed by atoms with Crippen LogP contribution in [0.1, 0.15) is 10.5 Å². The number of hydrogen-bond donors (Lipinski definition) is 4. The number of hydrogen-bond acceptors (Lipinski definition) is 5. The third-order valence-electron chi connectivity index (χ3n) is 1.72. The second-order valence-corrected chi connectivity index (χ2v) is 2.80. The van der Waals surface area contributed by atoms with Crippen molar-refractivity contribution in [2.45, 2.75) is 0 Å². The van der Waals surface area contributed by atoms with Gasteiger partial charge in [-0.2, -0.15) is 0 Å². The number of amides is 2. The summed E-state index contributed by atoms with van der Waals surface area (Å²) in [5.41, 5.74) is 5.28. The van der Waals surface area contributed by atoms with Crippen LogP contribution in [0.25, 0.3) is 0 Å². The first-order valence-corrected chi connectivity index (χ1v) is 4.56. The van der Waals surface area contributed by atoms with Crippen LogP contribution in [0.2, 0.25) is 0 Å². The van der Waals surface area contributed by atoms with Gasteiger partial charge in [-0.15, -0.1) is 0 Å². The highest BCUT2D eigenvalue weighted by Gasteiger charge is 2.09. The van der Waals surface area contributed by atoms with Gasteiger partial charge in [0, 0.05) is 7.05 Å². The molecule has 8 nitrogen and oxygen atoms in total. The Bertz CT molecular complexity index is 376. The zero-order valence-corrected chi connectivity index (χ0v) is 8.74. The highest BCUT2D eigenvalue weighted by Crippen LogP contribution is 2.07. The van der Waals surface area contributed by atoms with Gasteiger partial charge < -0.3 is 26.1 Å². The number of ether oxygens (including phenoxy) is 1. The summed E-state index contributed by atoms with van der Waals surface area (Å²) >= 11 is 0. The third kappa shape index (κ3) is 3.15. The van der Waals surface area contributed by atoms with Crippen molar-refractivity contribution in [1.29, 1.82) is 0 Å². The standard InChI is InChI=1S/C8H13N5O3/c1-10-8(15)16-3-2-11-7-5(6(9)14)12-4-13-7/h4,11H,2-3H2,1H3,(H2,9,14)(H,10,15)(H,12,13). The lowest BCUT2D eigenvalue weighted by molar-refractivity contribution is 0.0996. The van der Waals surface area contributed by atoms with Crippen molar-refractivity contribution in [3.8, 4) is 0 Å². The zero-order chi connectivity index (χ0) is 12.0. The Hall–Kier alpha value is -2.25. The molecule has 0 saturated heterocycles. The van der Waals surface area contributed by atoms with Crippen LogP contribution in [0.4, 0.5) is 10.6 Å². The van der Waals surface area contributed by atoms with E-state index in [2.05, 4.69) is 20.6 Å². The Morgan fingerprint density at radius 3 is 3.00 bits per heavy atom. The Labute approximate surface area is 91.6 Å². The van der Waals surface area contributed by atoms with Crippen LogP contribution in [0.15, 0.2) is 6.33 Å². The highest BCUT2D eigenvalue weighted by atomic mass is 16.5. The molecule has 1 aromatic heterocycles. The average molecular weight is 227 g/mol. The molecule has 0 radical (unpaired) electrons. The molecule has 0 atom stereocenters. The molecule has 1 aromatic rings. The topological polar surface area (TPSA) is 122 Å². The summed E-state index contributed by atoms with van der Waals surface area (Å²) in [6, 6.07) is 0. The van der Waals surface area contributed by atoms with Gasteiger partial charge in [0.05, 0.1) is 12.9 Å². The largest absolute Gasteiger partial charge is 0.448 e. The second-order valence-electron chi connectivity index (χ2n) is 2.80. The van der Waals surface area contributed by atoms with E-state index >= 15 is 0 Å². The number of nitrogens with zero attached hydrogens (tertiary/aromatic N) is 1. The van der Waals surface area contributed by atoms with Crippen LogP contribution in [0, 0.1) is 0 Å². The van der Waals surface area contributed by atoms with Crippen molar-refractivity contribution in [3.05, 3.63) is 12.0 Å². The Morgan fingerprint density at radius 2 is 2.38 bits per heavy atom. The number of carbonyl (C=O) groups is 2. The van der Waals surface area contributed by atoms with E-state index in [1.807, 2.05) is 0 Å². The maximum Gasteiger partial charge on any atom is 0.406 e. The highest BCUT2D eigenvalue weighted by molar-refractivity contribution is 5.95. The fourth-order valence-corrected chi connectivity index (χ4v) is 1.00. The van der Waals surface area contributed by atoms with Gasteiger partial charge in [0.15, 0.2) is 5.82 Å². The van der Waals surface area contributed by atoms with E-state index in [1.54, 1.807) is 0 Å². The van der Waals surface area contributed by atoms with E-state index in [1.165, 1.54) is 13.4 Å². The van der Waals surface area contributed by atoms with Gasteiger partial charge in [0.2, 0.25) is 0 Å². The minimum absolute atomic E-state index is 0.157. The molecule has 0 aliphatic heterocycles. The molecule has 0 spiro atoms. The quantitative estimate of drug-likeness (QED) is 0.494. The molecule has 0 saturated carbocycles. The fourth-order valence-electron chi connectivity index (χ4n) is 1.00. The summed E-state index contributed by atoms with van der Waals surface area (Å²) in [6.45, 7) is 0.489. The molecule has 16 heavy (non-hydrogen) atoms. The number of imidazole rings is 1. The lowest BCUT2D eigenvalue weighted by atomic mass is 10.4. The maximum absolute atomic E-state index is 10.9. The van der Waals surface area contributed by atoms with Crippen molar-refractivity contribution in [2.24, 2.45) is 5.73 Å². The van der Waals surface area contributed by atoms with Gasteiger partial charge in [0.1, 0.15) is 12.3 Å². The van der Waals surface area contributed by atoms with Crippen molar-refractivity contribution >= 4 is 17.8 Å². The lowest BCUT2D eigenvalue weighted by Gasteiger charge is -2.05. The molecule has 2 amide bonds. The van der Waals surface area contributed by atoms with Crippen molar-refractivity contribution in [1.82, 2.24) is 15.3 Å². The first-order chi connectivity index (χ1) is 7.65. The first-order valence-electron chi connectivity index (χ1n) is 4.56. The molecule has 88 valence electrons. The minimum atomic E-state index is -0.604. The third-order valence-corrected chi connectivity index (χ3v) is 1.72.